The van der Waals surface area contributed by atoms with Crippen molar-refractivity contribution < 1.29 is 34.5 Å². The summed E-state index contributed by atoms with van der Waals surface area (Å²) >= 11 is 1.40. The van der Waals surface area contributed by atoms with E-state index in [2.05, 4.69) is 43.1 Å². The van der Waals surface area contributed by atoms with E-state index in [1.807, 2.05) is 6.92 Å². The van der Waals surface area contributed by atoms with Crippen LogP contribution >= 0.6 is 11.8 Å². The normalized spacial score (nSPS) is 25.9. The van der Waals surface area contributed by atoms with E-state index in [-0.39, 0.29) is 34.2 Å². The molecule has 3 aliphatic heterocycles. The van der Waals surface area contributed by atoms with Gasteiger partial charge in [-0.25, -0.2) is 9.59 Å². The lowest BCUT2D eigenvalue weighted by Gasteiger charge is -2.46. The van der Waals surface area contributed by atoms with Crippen LogP contribution in [0.25, 0.3) is 0 Å². The van der Waals surface area contributed by atoms with E-state index in [1.165, 1.54) is 34.4 Å². The van der Waals surface area contributed by atoms with Gasteiger partial charge in [0.25, 0.3) is 0 Å². The number of carbonyl (C=O) groups excluding carboxylic acids is 2. The lowest BCUT2D eigenvalue weighted by atomic mass is 9.79. The Morgan fingerprint density at radius 2 is 1.74 bits per heavy atom. The van der Waals surface area contributed by atoms with E-state index in [4.69, 9.17) is 0 Å². The van der Waals surface area contributed by atoms with Crippen molar-refractivity contribution in [2.75, 3.05) is 11.9 Å². The summed E-state index contributed by atoms with van der Waals surface area (Å²) in [7, 11) is 0. The standard InChI is InChI=1S/C32H37N3O7S/c1-15-9-20(10-16(2)17(15)3)13-34-14-23(12-24(34)29(37)33-22-8-6-7-21(11-22)31(39)40)43-28-18(4)26-25(19(5)36)30(38)35(26)27(28)32(41)42/h6-11,18-19,23-26,36H,12-14H2,1-5H3,(H,33,37)(H,39,40)(H,41,42)/t18-,19-,23+,24+,25-,26-/m1/s1. The number of fused-ring (bicyclic) bond motifs is 1. The molecule has 43 heavy (non-hydrogen) atoms. The van der Waals surface area contributed by atoms with Crippen molar-refractivity contribution in [2.45, 2.75) is 71.0 Å². The van der Waals surface area contributed by atoms with Crippen molar-refractivity contribution in [1.29, 1.82) is 0 Å². The van der Waals surface area contributed by atoms with Crippen molar-refractivity contribution in [3.05, 3.63) is 74.8 Å². The van der Waals surface area contributed by atoms with Crippen LogP contribution in [-0.2, 0) is 20.9 Å². The van der Waals surface area contributed by atoms with Crippen LogP contribution in [0.4, 0.5) is 5.69 Å². The second-order valence-corrected chi connectivity index (χ2v) is 13.3. The summed E-state index contributed by atoms with van der Waals surface area (Å²) in [6, 6.07) is 9.38. The maximum atomic E-state index is 13.7. The van der Waals surface area contributed by atoms with Gasteiger partial charge in [0.15, 0.2) is 0 Å². The minimum absolute atomic E-state index is 0.0286. The Labute approximate surface area is 254 Å². The Bertz CT molecular complexity index is 1510. The predicted molar refractivity (Wildman–Crippen MR) is 163 cm³/mol. The van der Waals surface area contributed by atoms with Crippen molar-refractivity contribution in [2.24, 2.45) is 11.8 Å². The van der Waals surface area contributed by atoms with Crippen LogP contribution < -0.4 is 5.32 Å². The van der Waals surface area contributed by atoms with Crippen LogP contribution in [0.1, 0.15) is 52.9 Å². The third-order valence-corrected chi connectivity index (χ3v) is 10.5. The van der Waals surface area contributed by atoms with Gasteiger partial charge in [-0.1, -0.05) is 25.1 Å². The number of β-lactam (4-membered cyclic amide) rings is 1. The molecule has 10 nitrogen and oxygen atoms in total. The Kier molecular flexibility index (Phi) is 8.43. The number of aliphatic hydroxyl groups excluding tert-OH is 1. The molecule has 228 valence electrons. The number of rotatable bonds is 9. The molecule has 2 amide bonds. The number of aliphatic carboxylic acids is 1. The molecule has 0 aliphatic carbocycles. The van der Waals surface area contributed by atoms with Gasteiger partial charge in [0.2, 0.25) is 11.8 Å². The monoisotopic (exact) mass is 607 g/mol. The van der Waals surface area contributed by atoms with Gasteiger partial charge in [0.1, 0.15) is 5.70 Å². The first kappa shape index (κ1) is 30.8. The number of likely N-dealkylation sites (tertiary alicyclic amines) is 1. The number of benzene rings is 2. The molecule has 0 radical (unpaired) electrons. The number of carbonyl (C=O) groups is 4. The van der Waals surface area contributed by atoms with Gasteiger partial charge < -0.3 is 25.5 Å². The number of nitrogens with zero attached hydrogens (tertiary/aromatic N) is 2. The smallest absolute Gasteiger partial charge is 0.353 e. The molecule has 0 aromatic heterocycles. The largest absolute Gasteiger partial charge is 0.478 e. The lowest BCUT2D eigenvalue weighted by Crippen LogP contribution is -2.63. The van der Waals surface area contributed by atoms with E-state index >= 15 is 0 Å². The molecule has 3 aliphatic rings. The average Bonchev–Trinajstić information content (AvgIpc) is 3.43. The molecule has 0 unspecified atom stereocenters. The predicted octanol–water partition coefficient (Wildman–Crippen LogP) is 3.78. The molecule has 3 heterocycles. The highest BCUT2D eigenvalue weighted by atomic mass is 32.2. The summed E-state index contributed by atoms with van der Waals surface area (Å²) in [5.41, 5.74) is 5.01. The van der Waals surface area contributed by atoms with Gasteiger partial charge in [-0.05, 0) is 74.6 Å². The molecule has 2 aromatic rings. The SMILES string of the molecule is Cc1cc(CN2C[C@@H](SC3=C(C(=O)O)N4C(=O)[C@H]([C@@H](C)O)[C@H]4[C@H]3C)C[C@H]2C(=O)Nc2cccc(C(=O)O)c2)cc(C)c1C. The zero-order valence-corrected chi connectivity index (χ0v) is 25.6. The van der Waals surface area contributed by atoms with Crippen molar-refractivity contribution in [1.82, 2.24) is 9.80 Å². The van der Waals surface area contributed by atoms with E-state index in [9.17, 15) is 34.5 Å². The van der Waals surface area contributed by atoms with E-state index < -0.39 is 36.0 Å². The maximum Gasteiger partial charge on any atom is 0.353 e. The summed E-state index contributed by atoms with van der Waals surface area (Å²) in [6.45, 7) is 10.6. The Morgan fingerprint density at radius 3 is 2.35 bits per heavy atom. The summed E-state index contributed by atoms with van der Waals surface area (Å²) in [6.07, 6.45) is -0.452. The second kappa shape index (κ2) is 11.8. The van der Waals surface area contributed by atoms with Gasteiger partial charge in [0.05, 0.1) is 29.7 Å². The van der Waals surface area contributed by atoms with Crippen LogP contribution in [0.3, 0.4) is 0 Å². The lowest BCUT2D eigenvalue weighted by molar-refractivity contribution is -0.163. The zero-order chi connectivity index (χ0) is 31.3. The quantitative estimate of drug-likeness (QED) is 0.313. The molecule has 4 N–H and O–H groups in total. The minimum atomic E-state index is -1.18. The van der Waals surface area contributed by atoms with E-state index in [0.717, 1.165) is 16.7 Å². The first-order valence-electron chi connectivity index (χ1n) is 14.4. The summed E-state index contributed by atoms with van der Waals surface area (Å²) in [4.78, 5) is 54.3. The van der Waals surface area contributed by atoms with Crippen LogP contribution in [0.15, 0.2) is 47.0 Å². The number of nitrogens with one attached hydrogen (secondary N) is 1. The van der Waals surface area contributed by atoms with Crippen molar-refractivity contribution >= 4 is 41.2 Å². The number of carboxylic acid groups (broad SMARTS) is 2. The average molecular weight is 608 g/mol. The summed E-state index contributed by atoms with van der Waals surface area (Å²) < 4.78 is 0. The molecule has 0 saturated carbocycles. The molecule has 2 saturated heterocycles. The van der Waals surface area contributed by atoms with E-state index in [0.29, 0.717) is 30.1 Å². The molecule has 0 bridgehead atoms. The molecule has 2 aromatic carbocycles. The van der Waals surface area contributed by atoms with Crippen LogP contribution in [0.2, 0.25) is 0 Å². The third-order valence-electron chi connectivity index (χ3n) is 9.02. The van der Waals surface area contributed by atoms with Crippen LogP contribution in [0, 0.1) is 32.6 Å². The number of aromatic carboxylic acids is 1. The van der Waals surface area contributed by atoms with Crippen molar-refractivity contribution in [3.8, 4) is 0 Å². The first-order chi connectivity index (χ1) is 20.3. The molecule has 11 heteroatoms. The summed E-state index contributed by atoms with van der Waals surface area (Å²) in [5.74, 6) is -3.83. The number of aliphatic hydroxyl groups is 1. The number of carboxylic acids is 2. The Balaban J connectivity index is 1.42. The van der Waals surface area contributed by atoms with Crippen LogP contribution in [0.5, 0.6) is 0 Å². The number of anilines is 1. The Hall–Kier alpha value is -3.67. The van der Waals surface area contributed by atoms with Gasteiger partial charge in [-0.3, -0.25) is 14.5 Å². The first-order valence-corrected chi connectivity index (χ1v) is 15.3. The van der Waals surface area contributed by atoms with Gasteiger partial charge in [-0.15, -0.1) is 11.8 Å². The fourth-order valence-corrected chi connectivity index (χ4v) is 8.21. The molecule has 5 rings (SSSR count). The van der Waals surface area contributed by atoms with Crippen molar-refractivity contribution in [3.63, 3.8) is 0 Å². The molecule has 0 spiro atoms. The summed E-state index contributed by atoms with van der Waals surface area (Å²) in [5, 5.41) is 32.4. The van der Waals surface area contributed by atoms with Gasteiger partial charge >= 0.3 is 11.9 Å². The van der Waals surface area contributed by atoms with Gasteiger partial charge in [0, 0.05) is 34.8 Å². The maximum absolute atomic E-state index is 13.7. The van der Waals surface area contributed by atoms with Gasteiger partial charge in [-0.2, -0.15) is 0 Å². The number of hydrogen-bond donors (Lipinski definition) is 4. The number of hydrogen-bond acceptors (Lipinski definition) is 7. The minimum Gasteiger partial charge on any atom is -0.478 e. The molecule has 2 fully saturated rings. The highest BCUT2D eigenvalue weighted by Crippen LogP contribution is 2.52. The number of thioether (sulfide) groups is 1. The number of amides is 2. The fourth-order valence-electron chi connectivity index (χ4n) is 6.66. The molecule has 6 atom stereocenters. The highest BCUT2D eigenvalue weighted by molar-refractivity contribution is 8.03. The van der Waals surface area contributed by atoms with E-state index in [1.54, 1.807) is 19.1 Å². The highest BCUT2D eigenvalue weighted by Gasteiger charge is 2.60. The Morgan fingerprint density at radius 1 is 1.07 bits per heavy atom. The zero-order valence-electron chi connectivity index (χ0n) is 24.8. The number of aryl methyl sites for hydroxylation is 2. The third kappa shape index (κ3) is 5.69. The topological polar surface area (TPSA) is 147 Å². The fraction of sp³-hybridized carbons (Fsp3) is 0.438. The second-order valence-electron chi connectivity index (χ2n) is 11.9. The van der Waals surface area contributed by atoms with Crippen LogP contribution in [-0.4, -0.2) is 78.9 Å². The molecular formula is C32H37N3O7S. The molecular weight excluding hydrogens is 570 g/mol.